The Hall–Kier alpha value is -2.39. The Morgan fingerprint density at radius 1 is 1.18 bits per heavy atom. The zero-order chi connectivity index (χ0) is 19.3. The van der Waals surface area contributed by atoms with Crippen LogP contribution in [0.2, 0.25) is 0 Å². The second kappa shape index (κ2) is 6.89. The van der Waals surface area contributed by atoms with Gasteiger partial charge >= 0.3 is 0 Å². The molecule has 1 aliphatic heterocycles. The minimum Gasteiger partial charge on any atom is -0.490 e. The first-order valence-corrected chi connectivity index (χ1v) is 10.5. The second-order valence-electron chi connectivity index (χ2n) is 8.04. The lowest BCUT2D eigenvalue weighted by Gasteiger charge is -2.25. The number of fused-ring (bicyclic) bond motifs is 2. The van der Waals surface area contributed by atoms with Crippen LogP contribution in [-0.2, 0) is 6.54 Å². The topological polar surface area (TPSA) is 66.2 Å². The van der Waals surface area contributed by atoms with Gasteiger partial charge in [-0.25, -0.2) is 0 Å². The van der Waals surface area contributed by atoms with Gasteiger partial charge in [0.1, 0.15) is 11.8 Å². The van der Waals surface area contributed by atoms with Crippen molar-refractivity contribution in [2.75, 3.05) is 0 Å². The first-order chi connectivity index (χ1) is 13.6. The number of nitriles is 1. The molecule has 2 aliphatic carbocycles. The van der Waals surface area contributed by atoms with E-state index in [-0.39, 0.29) is 12.0 Å². The number of rotatable bonds is 3. The summed E-state index contributed by atoms with van der Waals surface area (Å²) >= 11 is 3.42. The molecule has 6 heteroatoms. The summed E-state index contributed by atoms with van der Waals surface area (Å²) in [5.41, 5.74) is 2.30. The van der Waals surface area contributed by atoms with Crippen LogP contribution in [0, 0.1) is 23.2 Å². The van der Waals surface area contributed by atoms with E-state index < -0.39 is 0 Å². The largest absolute Gasteiger partial charge is 0.490 e. The third-order valence-corrected chi connectivity index (χ3v) is 7.11. The predicted octanol–water partition coefficient (Wildman–Crippen LogP) is 4.31. The van der Waals surface area contributed by atoms with E-state index in [0.29, 0.717) is 30.0 Å². The molecule has 2 fully saturated rings. The van der Waals surface area contributed by atoms with Gasteiger partial charge in [-0.15, -0.1) is 0 Å². The first kappa shape index (κ1) is 17.7. The fourth-order valence-electron chi connectivity index (χ4n) is 5.17. The molecule has 1 aromatic heterocycles. The number of benzene rings is 1. The Kier molecular flexibility index (Phi) is 4.36. The summed E-state index contributed by atoms with van der Waals surface area (Å²) in [6, 6.07) is 11.7. The molecule has 2 atom stereocenters. The van der Waals surface area contributed by atoms with Crippen LogP contribution in [-0.4, -0.2) is 27.9 Å². The molecule has 1 aromatic carbocycles. The van der Waals surface area contributed by atoms with E-state index in [1.165, 1.54) is 0 Å². The lowest BCUT2D eigenvalue weighted by Crippen LogP contribution is -2.34. The highest BCUT2D eigenvalue weighted by Gasteiger charge is 2.46. The summed E-state index contributed by atoms with van der Waals surface area (Å²) in [6.45, 7) is 0.651. The fourth-order valence-corrected chi connectivity index (χ4v) is 5.62. The van der Waals surface area contributed by atoms with E-state index in [1.54, 1.807) is 12.3 Å². The maximum Gasteiger partial charge on any atom is 0.256 e. The molecule has 2 heterocycles. The van der Waals surface area contributed by atoms with Gasteiger partial charge in [-0.05, 0) is 83.8 Å². The molecule has 1 amide bonds. The summed E-state index contributed by atoms with van der Waals surface area (Å²) in [6.07, 6.45) is 6.16. The van der Waals surface area contributed by atoms with Gasteiger partial charge < -0.3 is 9.64 Å². The summed E-state index contributed by atoms with van der Waals surface area (Å²) in [7, 11) is 0. The van der Waals surface area contributed by atoms with Gasteiger partial charge in [0.2, 0.25) is 0 Å². The van der Waals surface area contributed by atoms with Crippen molar-refractivity contribution in [2.24, 2.45) is 11.8 Å². The number of amides is 1. The van der Waals surface area contributed by atoms with Crippen LogP contribution < -0.4 is 4.74 Å². The Balaban J connectivity index is 1.21. The summed E-state index contributed by atoms with van der Waals surface area (Å²) < 4.78 is 6.96. The minimum atomic E-state index is 0.142. The number of aromatic nitrogens is 1. The quantitative estimate of drug-likeness (QED) is 0.717. The molecule has 3 aliphatic rings. The monoisotopic (exact) mass is 437 g/mol. The van der Waals surface area contributed by atoms with Crippen molar-refractivity contribution >= 4 is 21.8 Å². The second-order valence-corrected chi connectivity index (χ2v) is 8.90. The highest BCUT2D eigenvalue weighted by atomic mass is 79.9. The van der Waals surface area contributed by atoms with Crippen molar-refractivity contribution in [3.05, 3.63) is 57.8 Å². The number of carbonyl (C=O) groups excluding carboxylic acids is 1. The van der Waals surface area contributed by atoms with Crippen LogP contribution in [0.1, 0.15) is 47.3 Å². The molecule has 2 unspecified atom stereocenters. The molecule has 5 nitrogen and oxygen atoms in total. The normalized spacial score (nSPS) is 28.1. The van der Waals surface area contributed by atoms with Crippen molar-refractivity contribution in [3.8, 4) is 11.8 Å². The molecule has 0 spiro atoms. The average molecular weight is 438 g/mol. The third-order valence-electron chi connectivity index (χ3n) is 6.45. The Morgan fingerprint density at radius 2 is 1.96 bits per heavy atom. The van der Waals surface area contributed by atoms with Crippen LogP contribution in [0.15, 0.2) is 41.0 Å². The summed E-state index contributed by atoms with van der Waals surface area (Å²) in [5.74, 6) is 2.18. The van der Waals surface area contributed by atoms with Crippen LogP contribution >= 0.6 is 15.9 Å². The Bertz CT molecular complexity index is 972. The molecular formula is C22H20BrN3O2. The lowest BCUT2D eigenvalue weighted by atomic mass is 10.0. The maximum atomic E-state index is 12.7. The van der Waals surface area contributed by atoms with Crippen LogP contribution in [0.25, 0.3) is 0 Å². The van der Waals surface area contributed by atoms with E-state index in [1.807, 2.05) is 29.2 Å². The van der Waals surface area contributed by atoms with Gasteiger partial charge in [0, 0.05) is 16.7 Å². The highest BCUT2D eigenvalue weighted by molar-refractivity contribution is 9.10. The van der Waals surface area contributed by atoms with Crippen LogP contribution in [0.5, 0.6) is 5.75 Å². The number of carbonyl (C=O) groups is 1. The maximum absolute atomic E-state index is 12.7. The standard InChI is InChI=1S/C22H20BrN3O2/c23-20-10-17(4-3-13(20)11-24)28-18-8-14-6-16(7-15(14)9-18)26-12-21-19(22(26)27)2-1-5-25-21/h1-5,10,14-16,18H,6-9,12H2. The minimum absolute atomic E-state index is 0.142. The van der Waals surface area contributed by atoms with E-state index in [4.69, 9.17) is 10.00 Å². The average Bonchev–Trinajstić information content (AvgIpc) is 3.34. The van der Waals surface area contributed by atoms with E-state index in [9.17, 15) is 4.79 Å². The van der Waals surface area contributed by atoms with Gasteiger partial charge in [-0.1, -0.05) is 0 Å². The fraction of sp³-hybridized carbons (Fsp3) is 0.409. The summed E-state index contributed by atoms with van der Waals surface area (Å²) in [4.78, 5) is 19.1. The van der Waals surface area contributed by atoms with Gasteiger partial charge in [0.05, 0.1) is 29.5 Å². The molecule has 0 bridgehead atoms. The molecule has 2 aromatic rings. The summed E-state index contributed by atoms with van der Waals surface area (Å²) in [5, 5.41) is 9.04. The molecule has 2 saturated carbocycles. The molecule has 0 radical (unpaired) electrons. The van der Waals surface area contributed by atoms with Crippen molar-refractivity contribution in [1.82, 2.24) is 9.88 Å². The Labute approximate surface area is 172 Å². The van der Waals surface area contributed by atoms with Gasteiger partial charge in [0.25, 0.3) is 5.91 Å². The van der Waals surface area contributed by atoms with Crippen molar-refractivity contribution in [1.29, 1.82) is 5.26 Å². The Morgan fingerprint density at radius 3 is 2.64 bits per heavy atom. The number of ether oxygens (including phenoxy) is 1. The van der Waals surface area contributed by atoms with Gasteiger partial charge in [-0.3, -0.25) is 9.78 Å². The number of nitrogens with zero attached hydrogens (tertiary/aromatic N) is 3. The van der Waals surface area contributed by atoms with Crippen molar-refractivity contribution in [3.63, 3.8) is 0 Å². The zero-order valence-corrected chi connectivity index (χ0v) is 16.9. The van der Waals surface area contributed by atoms with Crippen molar-refractivity contribution in [2.45, 2.75) is 44.4 Å². The molecular weight excluding hydrogens is 418 g/mol. The number of hydrogen-bond donors (Lipinski definition) is 0. The van der Waals surface area contributed by atoms with Crippen LogP contribution in [0.4, 0.5) is 0 Å². The van der Waals surface area contributed by atoms with E-state index in [0.717, 1.165) is 47.2 Å². The lowest BCUT2D eigenvalue weighted by molar-refractivity contribution is 0.0693. The van der Waals surface area contributed by atoms with Gasteiger partial charge in [0.15, 0.2) is 0 Å². The highest BCUT2D eigenvalue weighted by Crippen LogP contribution is 2.47. The number of halogens is 1. The van der Waals surface area contributed by atoms with E-state index in [2.05, 4.69) is 27.0 Å². The number of pyridine rings is 1. The molecule has 5 rings (SSSR count). The first-order valence-electron chi connectivity index (χ1n) is 9.73. The van der Waals surface area contributed by atoms with E-state index >= 15 is 0 Å². The van der Waals surface area contributed by atoms with Gasteiger partial charge in [-0.2, -0.15) is 5.26 Å². The SMILES string of the molecule is N#Cc1ccc(OC2CC3CC(N4Cc5ncccc5C4=O)CC3C2)cc1Br. The van der Waals surface area contributed by atoms with Crippen molar-refractivity contribution < 1.29 is 9.53 Å². The zero-order valence-electron chi connectivity index (χ0n) is 15.3. The van der Waals surface area contributed by atoms with Crippen LogP contribution in [0.3, 0.4) is 0 Å². The smallest absolute Gasteiger partial charge is 0.256 e. The molecule has 28 heavy (non-hydrogen) atoms. The third kappa shape index (κ3) is 2.98. The molecule has 0 saturated heterocycles. The number of hydrogen-bond acceptors (Lipinski definition) is 4. The molecule has 0 N–H and O–H groups in total. The predicted molar refractivity (Wildman–Crippen MR) is 107 cm³/mol. The molecule has 142 valence electrons.